The molecule has 1 saturated heterocycles. The van der Waals surface area contributed by atoms with Crippen molar-refractivity contribution in [1.29, 1.82) is 0 Å². The van der Waals surface area contributed by atoms with E-state index >= 15 is 0 Å². The molecule has 0 bridgehead atoms. The summed E-state index contributed by atoms with van der Waals surface area (Å²) < 4.78 is 0. The molecule has 1 atom stereocenters. The Labute approximate surface area is 98.6 Å². The molecular weight excluding hydrogens is 200 g/mol. The van der Waals surface area contributed by atoms with Crippen molar-refractivity contribution in [3.63, 3.8) is 0 Å². The van der Waals surface area contributed by atoms with Gasteiger partial charge in [-0.25, -0.2) is 0 Å². The van der Waals surface area contributed by atoms with Gasteiger partial charge in [0.15, 0.2) is 0 Å². The third kappa shape index (κ3) is 2.76. The molecule has 3 heteroatoms. The topological polar surface area (TPSA) is 32.3 Å². The van der Waals surface area contributed by atoms with Crippen LogP contribution in [0.2, 0.25) is 0 Å². The zero-order valence-electron chi connectivity index (χ0n) is 10.5. The molecule has 2 rings (SSSR count). The second-order valence-corrected chi connectivity index (χ2v) is 5.72. The number of nitrogens with zero attached hydrogens (tertiary/aromatic N) is 1. The fourth-order valence-corrected chi connectivity index (χ4v) is 2.95. The monoisotopic (exact) mass is 224 g/mol. The number of amides is 1. The van der Waals surface area contributed by atoms with E-state index in [9.17, 15) is 4.79 Å². The largest absolute Gasteiger partial charge is 0.326 e. The molecule has 1 aliphatic heterocycles. The average Bonchev–Trinajstić information content (AvgIpc) is 2.82. The molecule has 0 aromatic heterocycles. The van der Waals surface area contributed by atoms with Crippen LogP contribution < -0.4 is 5.32 Å². The minimum Gasteiger partial charge on any atom is -0.326 e. The first-order valence-electron chi connectivity index (χ1n) is 6.69. The lowest BCUT2D eigenvalue weighted by molar-refractivity contribution is -0.128. The lowest BCUT2D eigenvalue weighted by Gasteiger charge is -2.28. The summed E-state index contributed by atoms with van der Waals surface area (Å²) in [5.41, 5.74) is 0. The molecule has 0 aromatic carbocycles. The number of hydrogen-bond acceptors (Lipinski definition) is 2. The van der Waals surface area contributed by atoms with Crippen molar-refractivity contribution in [1.82, 2.24) is 10.2 Å². The molecule has 1 heterocycles. The third-order valence-electron chi connectivity index (χ3n) is 3.81. The number of hydrogen-bond donors (Lipinski definition) is 1. The van der Waals surface area contributed by atoms with E-state index in [2.05, 4.69) is 24.1 Å². The van der Waals surface area contributed by atoms with Crippen molar-refractivity contribution in [2.75, 3.05) is 13.1 Å². The van der Waals surface area contributed by atoms with Crippen LogP contribution in [0.1, 0.15) is 46.0 Å². The predicted octanol–water partition coefficient (Wildman–Crippen LogP) is 1.98. The van der Waals surface area contributed by atoms with Crippen molar-refractivity contribution in [2.24, 2.45) is 11.8 Å². The molecule has 1 N–H and O–H groups in total. The highest BCUT2D eigenvalue weighted by molar-refractivity contribution is 5.80. The molecule has 2 aliphatic rings. The van der Waals surface area contributed by atoms with Crippen molar-refractivity contribution >= 4 is 5.91 Å². The molecule has 16 heavy (non-hydrogen) atoms. The van der Waals surface area contributed by atoms with Crippen LogP contribution in [-0.4, -0.2) is 30.1 Å². The maximum atomic E-state index is 11.8. The lowest BCUT2D eigenvalue weighted by atomic mass is 10.1. The number of rotatable bonds is 4. The minimum absolute atomic E-state index is 0.299. The quantitative estimate of drug-likeness (QED) is 0.792. The summed E-state index contributed by atoms with van der Waals surface area (Å²) in [6.07, 6.45) is 6.73. The molecule has 92 valence electrons. The van der Waals surface area contributed by atoms with Crippen LogP contribution in [0, 0.1) is 11.8 Å². The maximum absolute atomic E-state index is 11.8. The van der Waals surface area contributed by atoms with Gasteiger partial charge in [0.2, 0.25) is 5.91 Å². The summed E-state index contributed by atoms with van der Waals surface area (Å²) in [6, 6.07) is 0. The van der Waals surface area contributed by atoms with Crippen LogP contribution in [0.3, 0.4) is 0 Å². The van der Waals surface area contributed by atoms with Gasteiger partial charge in [-0.2, -0.15) is 0 Å². The highest BCUT2D eigenvalue weighted by atomic mass is 16.2. The molecule has 0 radical (unpaired) electrons. The molecule has 3 nitrogen and oxygen atoms in total. The van der Waals surface area contributed by atoms with E-state index < -0.39 is 0 Å². The van der Waals surface area contributed by atoms with Crippen molar-refractivity contribution < 1.29 is 4.79 Å². The summed E-state index contributed by atoms with van der Waals surface area (Å²) in [6.45, 7) is 5.98. The van der Waals surface area contributed by atoms with Crippen molar-refractivity contribution in [3.8, 4) is 0 Å². The van der Waals surface area contributed by atoms with Gasteiger partial charge in [0, 0.05) is 6.54 Å². The molecule has 0 spiro atoms. The van der Waals surface area contributed by atoms with Gasteiger partial charge >= 0.3 is 0 Å². The zero-order chi connectivity index (χ0) is 11.5. The Morgan fingerprint density at radius 3 is 2.69 bits per heavy atom. The fourth-order valence-electron chi connectivity index (χ4n) is 2.95. The van der Waals surface area contributed by atoms with Gasteiger partial charge in [0.1, 0.15) is 0 Å². The Morgan fingerprint density at radius 1 is 1.38 bits per heavy atom. The first kappa shape index (κ1) is 11.9. The van der Waals surface area contributed by atoms with Gasteiger partial charge in [0.05, 0.1) is 12.7 Å². The molecule has 1 unspecified atom stereocenters. The third-order valence-corrected chi connectivity index (χ3v) is 3.81. The summed E-state index contributed by atoms with van der Waals surface area (Å²) in [5.74, 6) is 1.71. The molecule has 1 amide bonds. The number of carbonyl (C=O) groups is 1. The van der Waals surface area contributed by atoms with Crippen LogP contribution in [0.5, 0.6) is 0 Å². The summed E-state index contributed by atoms with van der Waals surface area (Å²) in [5, 5.41) is 3.34. The van der Waals surface area contributed by atoms with E-state index in [0.717, 1.165) is 18.9 Å². The molecule has 1 aliphatic carbocycles. The molecular formula is C13H24N2O. The second-order valence-electron chi connectivity index (χ2n) is 5.72. The summed E-state index contributed by atoms with van der Waals surface area (Å²) in [4.78, 5) is 13.9. The van der Waals surface area contributed by atoms with E-state index in [4.69, 9.17) is 0 Å². The van der Waals surface area contributed by atoms with E-state index in [1.807, 2.05) is 0 Å². The predicted molar refractivity (Wildman–Crippen MR) is 64.9 cm³/mol. The number of nitrogens with one attached hydrogen (secondary N) is 1. The second kappa shape index (κ2) is 5.17. The van der Waals surface area contributed by atoms with Gasteiger partial charge in [0.25, 0.3) is 0 Å². The smallest absolute Gasteiger partial charge is 0.237 e. The molecule has 2 fully saturated rings. The Bertz CT molecular complexity index is 246. The zero-order valence-corrected chi connectivity index (χ0v) is 10.5. The Morgan fingerprint density at radius 2 is 2.06 bits per heavy atom. The van der Waals surface area contributed by atoms with Crippen molar-refractivity contribution in [2.45, 2.75) is 52.1 Å². The van der Waals surface area contributed by atoms with E-state index in [-0.39, 0.29) is 0 Å². The van der Waals surface area contributed by atoms with Crippen LogP contribution in [-0.2, 0) is 4.79 Å². The maximum Gasteiger partial charge on any atom is 0.237 e. The summed E-state index contributed by atoms with van der Waals surface area (Å²) >= 11 is 0. The normalized spacial score (nSPS) is 27.3. The van der Waals surface area contributed by atoms with Gasteiger partial charge < -0.3 is 4.90 Å². The minimum atomic E-state index is 0.299. The molecule has 1 saturated carbocycles. The van der Waals surface area contributed by atoms with E-state index in [0.29, 0.717) is 24.5 Å². The Hall–Kier alpha value is -0.570. The first-order valence-corrected chi connectivity index (χ1v) is 6.69. The Balaban J connectivity index is 1.90. The van der Waals surface area contributed by atoms with Crippen LogP contribution >= 0.6 is 0 Å². The van der Waals surface area contributed by atoms with E-state index in [1.54, 1.807) is 0 Å². The van der Waals surface area contributed by atoms with Gasteiger partial charge in [-0.1, -0.05) is 26.7 Å². The van der Waals surface area contributed by atoms with E-state index in [1.165, 1.54) is 25.7 Å². The van der Waals surface area contributed by atoms with Gasteiger partial charge in [-0.15, -0.1) is 0 Å². The lowest BCUT2D eigenvalue weighted by Crippen LogP contribution is -2.40. The van der Waals surface area contributed by atoms with Crippen LogP contribution in [0.15, 0.2) is 0 Å². The SMILES string of the molecule is CC(C)CC1NCC(=O)N1CC1CCCC1. The molecule has 0 aromatic rings. The van der Waals surface area contributed by atoms with Crippen LogP contribution in [0.25, 0.3) is 0 Å². The Kier molecular flexibility index (Phi) is 3.85. The number of carbonyl (C=O) groups excluding carboxylic acids is 1. The van der Waals surface area contributed by atoms with Gasteiger partial charge in [-0.05, 0) is 31.1 Å². The average molecular weight is 224 g/mol. The fraction of sp³-hybridized carbons (Fsp3) is 0.923. The van der Waals surface area contributed by atoms with Gasteiger partial charge in [-0.3, -0.25) is 10.1 Å². The highest BCUT2D eigenvalue weighted by Crippen LogP contribution is 2.27. The van der Waals surface area contributed by atoms with Crippen LogP contribution in [0.4, 0.5) is 0 Å². The highest BCUT2D eigenvalue weighted by Gasteiger charge is 2.32. The summed E-state index contributed by atoms with van der Waals surface area (Å²) in [7, 11) is 0. The first-order chi connectivity index (χ1) is 7.66. The van der Waals surface area contributed by atoms with Crippen molar-refractivity contribution in [3.05, 3.63) is 0 Å². The standard InChI is InChI=1S/C13H24N2O/c1-10(2)7-12-14-8-13(16)15(12)9-11-5-3-4-6-11/h10-12,14H,3-9H2,1-2H3.